The van der Waals surface area contributed by atoms with Crippen molar-refractivity contribution in [3.05, 3.63) is 35.5 Å². The van der Waals surface area contributed by atoms with Gasteiger partial charge in [-0.3, -0.25) is 9.59 Å². The normalized spacial score (nSPS) is 19.9. The number of nitrogens with zero attached hydrogens (tertiary/aromatic N) is 2. The van der Waals surface area contributed by atoms with Crippen molar-refractivity contribution in [3.63, 3.8) is 0 Å². The van der Waals surface area contributed by atoms with E-state index in [1.807, 2.05) is 18.2 Å². The van der Waals surface area contributed by atoms with Gasteiger partial charge in [0.25, 0.3) is 0 Å². The summed E-state index contributed by atoms with van der Waals surface area (Å²) < 4.78 is 16.9. The Bertz CT molecular complexity index is 1060. The molecule has 2 amide bonds. The topological polar surface area (TPSA) is 116 Å². The van der Waals surface area contributed by atoms with Crippen LogP contribution >= 0.6 is 0 Å². The highest BCUT2D eigenvalue weighted by Gasteiger charge is 2.38. The number of nitrogens with one attached hydrogen (secondary N) is 2. The number of benzene rings is 1. The second-order valence-electron chi connectivity index (χ2n) is 9.97. The Labute approximate surface area is 205 Å². The summed E-state index contributed by atoms with van der Waals surface area (Å²) in [5, 5.41) is 10.5. The quantitative estimate of drug-likeness (QED) is 0.551. The van der Waals surface area contributed by atoms with Crippen LogP contribution in [-0.2, 0) is 21.5 Å². The lowest BCUT2D eigenvalue weighted by Crippen LogP contribution is -2.45. The summed E-state index contributed by atoms with van der Waals surface area (Å²) in [5.41, 5.74) is 0.456. The first kappa shape index (κ1) is 23.6. The molecule has 0 saturated heterocycles. The van der Waals surface area contributed by atoms with Gasteiger partial charge in [-0.2, -0.15) is 4.98 Å². The van der Waals surface area contributed by atoms with Crippen LogP contribution in [0.2, 0.25) is 0 Å². The van der Waals surface area contributed by atoms with Crippen molar-refractivity contribution in [2.75, 3.05) is 13.2 Å². The maximum absolute atomic E-state index is 12.9. The Morgan fingerprint density at radius 3 is 2.54 bits per heavy atom. The average molecular weight is 483 g/mol. The molecule has 188 valence electrons. The fourth-order valence-electron chi connectivity index (χ4n) is 5.25. The number of amides is 2. The van der Waals surface area contributed by atoms with E-state index >= 15 is 0 Å². The molecule has 0 spiro atoms. The molecule has 2 saturated carbocycles. The Balaban J connectivity index is 1.22. The molecule has 35 heavy (non-hydrogen) atoms. The summed E-state index contributed by atoms with van der Waals surface area (Å²) >= 11 is 0. The van der Waals surface area contributed by atoms with Crippen LogP contribution in [0.25, 0.3) is 0 Å². The van der Waals surface area contributed by atoms with E-state index in [9.17, 15) is 9.59 Å². The van der Waals surface area contributed by atoms with E-state index in [-0.39, 0.29) is 24.3 Å². The molecule has 9 nitrogen and oxygen atoms in total. The summed E-state index contributed by atoms with van der Waals surface area (Å²) in [6, 6.07) is 5.86. The highest BCUT2D eigenvalue weighted by molar-refractivity contribution is 5.76. The summed E-state index contributed by atoms with van der Waals surface area (Å²) in [5.74, 6) is 2.72. The number of aromatic nitrogens is 2. The molecule has 2 fully saturated rings. The van der Waals surface area contributed by atoms with Gasteiger partial charge in [0.15, 0.2) is 17.3 Å². The van der Waals surface area contributed by atoms with Crippen LogP contribution in [0.15, 0.2) is 22.7 Å². The zero-order chi connectivity index (χ0) is 24.3. The van der Waals surface area contributed by atoms with Gasteiger partial charge in [0.1, 0.15) is 18.8 Å². The predicted molar refractivity (Wildman–Crippen MR) is 127 cm³/mol. The fourth-order valence-corrected chi connectivity index (χ4v) is 5.25. The van der Waals surface area contributed by atoms with Crippen molar-refractivity contribution in [1.29, 1.82) is 0 Å². The van der Waals surface area contributed by atoms with Crippen molar-refractivity contribution in [2.24, 2.45) is 5.92 Å². The number of ether oxygens (including phenoxy) is 2. The van der Waals surface area contributed by atoms with Crippen molar-refractivity contribution in [2.45, 2.75) is 82.7 Å². The van der Waals surface area contributed by atoms with E-state index in [2.05, 4.69) is 20.8 Å². The number of carbonyl (C=O) groups is 2. The molecule has 1 aromatic carbocycles. The molecule has 2 heterocycles. The standard InChI is InChI=1S/C26H34N4O5/c1-17(31)29-26(12-4-2-3-5-13-26)25-28-23(35-30-25)11-10-22(32)27-24(18-6-7-18)19-8-9-20-21(16-19)34-15-14-33-20/h8-9,16,18,24H,2-7,10-15H2,1H3,(H,27,32)(H,29,31). The van der Waals surface area contributed by atoms with Gasteiger partial charge in [-0.15, -0.1) is 0 Å². The van der Waals surface area contributed by atoms with Crippen molar-refractivity contribution in [3.8, 4) is 11.5 Å². The maximum atomic E-state index is 12.9. The molecule has 1 aromatic heterocycles. The monoisotopic (exact) mass is 482 g/mol. The third kappa shape index (κ3) is 5.60. The Morgan fingerprint density at radius 1 is 1.09 bits per heavy atom. The fraction of sp³-hybridized carbons (Fsp3) is 0.615. The lowest BCUT2D eigenvalue weighted by Gasteiger charge is -2.30. The van der Waals surface area contributed by atoms with Crippen LogP contribution in [0.4, 0.5) is 0 Å². The van der Waals surface area contributed by atoms with Crippen LogP contribution in [0.1, 0.15) is 88.0 Å². The van der Waals surface area contributed by atoms with Crippen LogP contribution in [-0.4, -0.2) is 35.2 Å². The number of carbonyl (C=O) groups excluding carboxylic acids is 2. The second kappa shape index (κ2) is 10.3. The van der Waals surface area contributed by atoms with Gasteiger partial charge >= 0.3 is 0 Å². The molecule has 2 aromatic rings. The molecule has 5 rings (SSSR count). The van der Waals surface area contributed by atoms with E-state index in [1.165, 1.54) is 6.92 Å². The predicted octanol–water partition coefficient (Wildman–Crippen LogP) is 3.73. The Hall–Kier alpha value is -3.10. The Morgan fingerprint density at radius 2 is 1.83 bits per heavy atom. The van der Waals surface area contributed by atoms with Crippen molar-refractivity contribution < 1.29 is 23.6 Å². The van der Waals surface area contributed by atoms with E-state index < -0.39 is 5.54 Å². The first-order chi connectivity index (χ1) is 17.0. The zero-order valence-corrected chi connectivity index (χ0v) is 20.3. The lowest BCUT2D eigenvalue weighted by molar-refractivity contribution is -0.122. The lowest BCUT2D eigenvalue weighted by atomic mass is 9.89. The van der Waals surface area contributed by atoms with Gasteiger partial charge in [0.05, 0.1) is 6.04 Å². The van der Waals surface area contributed by atoms with Gasteiger partial charge in [0.2, 0.25) is 17.7 Å². The third-order valence-corrected chi connectivity index (χ3v) is 7.17. The number of hydrogen-bond donors (Lipinski definition) is 2. The smallest absolute Gasteiger partial charge is 0.227 e. The molecule has 1 unspecified atom stereocenters. The first-order valence-electron chi connectivity index (χ1n) is 12.8. The molecular formula is C26H34N4O5. The molecule has 2 aliphatic carbocycles. The Kier molecular flexibility index (Phi) is 6.92. The minimum Gasteiger partial charge on any atom is -0.486 e. The van der Waals surface area contributed by atoms with Crippen molar-refractivity contribution >= 4 is 11.8 Å². The van der Waals surface area contributed by atoms with Crippen LogP contribution in [0.3, 0.4) is 0 Å². The van der Waals surface area contributed by atoms with Gasteiger partial charge < -0.3 is 24.6 Å². The second-order valence-corrected chi connectivity index (χ2v) is 9.97. The highest BCUT2D eigenvalue weighted by atomic mass is 16.6. The molecular weight excluding hydrogens is 448 g/mol. The van der Waals surface area contributed by atoms with Gasteiger partial charge in [-0.05, 0) is 49.3 Å². The van der Waals surface area contributed by atoms with Crippen LogP contribution in [0, 0.1) is 5.92 Å². The van der Waals surface area contributed by atoms with E-state index in [4.69, 9.17) is 14.0 Å². The molecule has 3 aliphatic rings. The van der Waals surface area contributed by atoms with E-state index in [1.54, 1.807) is 0 Å². The molecule has 2 N–H and O–H groups in total. The molecule has 1 atom stereocenters. The molecule has 0 bridgehead atoms. The number of hydrogen-bond acceptors (Lipinski definition) is 7. The number of aryl methyl sites for hydroxylation is 1. The van der Waals surface area contributed by atoms with Gasteiger partial charge in [0, 0.05) is 19.8 Å². The minimum atomic E-state index is -0.582. The van der Waals surface area contributed by atoms with E-state index in [0.717, 1.165) is 68.4 Å². The minimum absolute atomic E-state index is 0.0504. The molecule has 0 radical (unpaired) electrons. The van der Waals surface area contributed by atoms with Crippen LogP contribution in [0.5, 0.6) is 11.5 Å². The zero-order valence-electron chi connectivity index (χ0n) is 20.3. The average Bonchev–Trinajstić information content (AvgIpc) is 3.63. The number of fused-ring (bicyclic) bond motifs is 1. The third-order valence-electron chi connectivity index (χ3n) is 7.17. The SMILES string of the molecule is CC(=O)NC1(c2noc(CCC(=O)NC(c3ccc4c(c3)OCCO4)C3CC3)n2)CCCCCC1. The summed E-state index contributed by atoms with van der Waals surface area (Å²) in [6.07, 6.45) is 8.68. The summed E-state index contributed by atoms with van der Waals surface area (Å²) in [4.78, 5) is 29.4. The van der Waals surface area contributed by atoms with E-state index in [0.29, 0.717) is 37.3 Å². The maximum Gasteiger partial charge on any atom is 0.227 e. The number of rotatable bonds is 8. The summed E-state index contributed by atoms with van der Waals surface area (Å²) in [6.45, 7) is 2.61. The largest absolute Gasteiger partial charge is 0.486 e. The van der Waals surface area contributed by atoms with Gasteiger partial charge in [-0.1, -0.05) is 36.9 Å². The van der Waals surface area contributed by atoms with Crippen LogP contribution < -0.4 is 20.1 Å². The first-order valence-corrected chi connectivity index (χ1v) is 12.8. The van der Waals surface area contributed by atoms with Crippen molar-refractivity contribution in [1.82, 2.24) is 20.8 Å². The van der Waals surface area contributed by atoms with Gasteiger partial charge in [-0.25, -0.2) is 0 Å². The molecule has 9 heteroatoms. The molecule has 1 aliphatic heterocycles. The highest BCUT2D eigenvalue weighted by Crippen LogP contribution is 2.43. The summed E-state index contributed by atoms with van der Waals surface area (Å²) in [7, 11) is 0.